The van der Waals surface area contributed by atoms with E-state index in [9.17, 15) is 19.8 Å². The first-order valence-electron chi connectivity index (χ1n) is 8.72. The Morgan fingerprint density at radius 2 is 1.89 bits per heavy atom. The molecule has 1 saturated heterocycles. The molecule has 6 nitrogen and oxygen atoms in total. The lowest BCUT2D eigenvalue weighted by Gasteiger charge is -2.42. The highest BCUT2D eigenvalue weighted by atomic mass is 32.2. The quantitative estimate of drug-likeness (QED) is 0.586. The van der Waals surface area contributed by atoms with E-state index in [1.165, 1.54) is 16.7 Å². The Hall–Kier alpha value is -2.64. The topological polar surface area (TPSA) is 81.7 Å². The summed E-state index contributed by atoms with van der Waals surface area (Å²) >= 11 is 1.41. The smallest absolute Gasteiger partial charge is 0.353 e. The molecule has 1 aromatic carbocycles. The molecule has 1 aromatic heterocycles. The monoisotopic (exact) mass is 383 g/mol. The van der Waals surface area contributed by atoms with Crippen LogP contribution in [0.3, 0.4) is 0 Å². The third kappa shape index (κ3) is 3.02. The lowest BCUT2D eigenvalue weighted by molar-refractivity contribution is -0.688. The van der Waals surface area contributed by atoms with E-state index < -0.39 is 5.97 Å². The minimum atomic E-state index is -1.10. The van der Waals surface area contributed by atoms with Crippen LogP contribution < -0.4 is 4.57 Å². The Balaban J connectivity index is 1.73. The summed E-state index contributed by atoms with van der Waals surface area (Å²) in [4.78, 5) is 26.3. The number of aromatic nitrogens is 1. The second-order valence-electron chi connectivity index (χ2n) is 6.52. The average molecular weight is 383 g/mol. The molecule has 2 aromatic rings. The Bertz CT molecular complexity index is 929. The van der Waals surface area contributed by atoms with Crippen LogP contribution in [0.15, 0.2) is 60.6 Å². The molecule has 1 amide bonds. The Kier molecular flexibility index (Phi) is 4.72. The molecule has 0 bridgehead atoms. The van der Waals surface area contributed by atoms with Crippen molar-refractivity contribution in [3.63, 3.8) is 0 Å². The molecular weight excluding hydrogens is 364 g/mol. The number of aliphatic hydroxyl groups is 1. The highest BCUT2D eigenvalue weighted by Crippen LogP contribution is 2.54. The van der Waals surface area contributed by atoms with Crippen LogP contribution in [-0.4, -0.2) is 39.0 Å². The van der Waals surface area contributed by atoms with Gasteiger partial charge in [-0.2, -0.15) is 0 Å². The summed E-state index contributed by atoms with van der Waals surface area (Å²) in [6.45, 7) is 0.521. The number of hydrogen-bond donors (Lipinski definition) is 2. The van der Waals surface area contributed by atoms with Crippen molar-refractivity contribution in [2.75, 3.05) is 6.61 Å². The number of hydrogen-bond acceptors (Lipinski definition) is 4. The van der Waals surface area contributed by atoms with E-state index in [1.54, 1.807) is 0 Å². The molecule has 2 aliphatic heterocycles. The number of aliphatic hydroxyl groups excluding tert-OH is 1. The first-order valence-corrected chi connectivity index (χ1v) is 9.60. The van der Waals surface area contributed by atoms with Gasteiger partial charge >= 0.3 is 5.97 Å². The van der Waals surface area contributed by atoms with E-state index in [2.05, 4.69) is 0 Å². The third-order valence-electron chi connectivity index (χ3n) is 4.88. The van der Waals surface area contributed by atoms with Gasteiger partial charge in [-0.05, 0) is 12.0 Å². The maximum atomic E-state index is 12.4. The molecule has 0 spiro atoms. The highest BCUT2D eigenvalue weighted by molar-refractivity contribution is 8.09. The van der Waals surface area contributed by atoms with Gasteiger partial charge in [0, 0.05) is 29.2 Å². The first kappa shape index (κ1) is 17.8. The minimum Gasteiger partial charge on any atom is -0.477 e. The number of fused-ring (bicyclic) bond motifs is 1. The summed E-state index contributed by atoms with van der Waals surface area (Å²) < 4.78 is 2.02. The van der Waals surface area contributed by atoms with Crippen LogP contribution in [0.25, 0.3) is 4.91 Å². The summed E-state index contributed by atoms with van der Waals surface area (Å²) in [5.74, 6) is -1.65. The van der Waals surface area contributed by atoms with E-state index in [0.717, 1.165) is 11.1 Å². The molecular formula is C20H19N2O4S+. The van der Waals surface area contributed by atoms with Crippen molar-refractivity contribution in [1.82, 2.24) is 4.90 Å². The van der Waals surface area contributed by atoms with Gasteiger partial charge in [0.05, 0.1) is 11.3 Å². The number of aliphatic carboxylic acids is 1. The van der Waals surface area contributed by atoms with E-state index in [-0.39, 0.29) is 29.5 Å². The van der Waals surface area contributed by atoms with Crippen LogP contribution in [0.5, 0.6) is 0 Å². The molecule has 3 heterocycles. The Morgan fingerprint density at radius 3 is 2.59 bits per heavy atom. The third-order valence-corrected chi connectivity index (χ3v) is 6.31. The Morgan fingerprint density at radius 1 is 1.15 bits per heavy atom. The molecule has 0 unspecified atom stereocenters. The van der Waals surface area contributed by atoms with Gasteiger partial charge in [0.1, 0.15) is 5.70 Å². The molecule has 27 heavy (non-hydrogen) atoms. The highest BCUT2D eigenvalue weighted by Gasteiger charge is 2.55. The van der Waals surface area contributed by atoms with E-state index in [0.29, 0.717) is 17.9 Å². The summed E-state index contributed by atoms with van der Waals surface area (Å²) in [6.07, 6.45) is 4.27. The second-order valence-corrected chi connectivity index (χ2v) is 7.65. The zero-order valence-corrected chi connectivity index (χ0v) is 15.3. The predicted octanol–water partition coefficient (Wildman–Crippen LogP) is 1.69. The van der Waals surface area contributed by atoms with Gasteiger partial charge in [0.15, 0.2) is 18.9 Å². The summed E-state index contributed by atoms with van der Waals surface area (Å²) in [6, 6.07) is 13.5. The number of β-lactam (4-membered cyclic amide) rings is 1. The number of nitrogens with zero attached hydrogens (tertiary/aromatic N) is 2. The molecule has 2 aliphatic rings. The van der Waals surface area contributed by atoms with E-state index >= 15 is 0 Å². The number of rotatable bonds is 6. The molecule has 138 valence electrons. The van der Waals surface area contributed by atoms with Gasteiger partial charge in [0.2, 0.25) is 5.91 Å². The van der Waals surface area contributed by atoms with Crippen LogP contribution >= 0.6 is 11.8 Å². The van der Waals surface area contributed by atoms with Crippen LogP contribution in [0.1, 0.15) is 17.5 Å². The van der Waals surface area contributed by atoms with Crippen LogP contribution in [0.4, 0.5) is 0 Å². The molecule has 0 radical (unpaired) electrons. The molecule has 0 aliphatic carbocycles. The van der Waals surface area contributed by atoms with Crippen molar-refractivity contribution in [2.45, 2.75) is 18.3 Å². The van der Waals surface area contributed by atoms with E-state index in [1.807, 2.05) is 59.4 Å². The number of carbonyl (C=O) groups is 2. The normalized spacial score (nSPS) is 21.2. The molecule has 0 saturated carbocycles. The van der Waals surface area contributed by atoms with Crippen molar-refractivity contribution < 1.29 is 24.4 Å². The lowest BCUT2D eigenvalue weighted by atomic mass is 9.93. The minimum absolute atomic E-state index is 0.0506. The number of pyridine rings is 1. The number of thioether (sulfide) groups is 1. The fraction of sp³-hybridized carbons (Fsp3) is 0.250. The van der Waals surface area contributed by atoms with Gasteiger partial charge in [-0.3, -0.25) is 9.69 Å². The summed E-state index contributed by atoms with van der Waals surface area (Å²) in [7, 11) is 0. The maximum absolute atomic E-state index is 12.4. The van der Waals surface area contributed by atoms with Gasteiger partial charge in [0.25, 0.3) is 0 Å². The number of carboxylic acids is 1. The lowest BCUT2D eigenvalue weighted by Crippen LogP contribution is -2.57. The van der Waals surface area contributed by atoms with Crippen molar-refractivity contribution >= 4 is 28.5 Å². The fourth-order valence-corrected chi connectivity index (χ4v) is 5.19. The molecule has 2 atom stereocenters. The maximum Gasteiger partial charge on any atom is 0.353 e. The van der Waals surface area contributed by atoms with Gasteiger partial charge in [-0.1, -0.05) is 42.1 Å². The van der Waals surface area contributed by atoms with Gasteiger partial charge in [-0.15, -0.1) is 0 Å². The standard InChI is InChI=1S/C20H18N2O4S/c23-11-8-15-18(24)22-16(20(25)26)17(27-19(15)22)14-7-3-2-6-13(14)12-21-9-4-1-5-10-21/h1-7,9-10,15,19,23H,8,11-12H2/p+1/t15-,19+/m0/s1. The molecule has 4 rings (SSSR count). The van der Waals surface area contributed by atoms with E-state index in [4.69, 9.17) is 0 Å². The molecule has 2 N–H and O–H groups in total. The summed E-state index contributed by atoms with van der Waals surface area (Å²) in [5.41, 5.74) is 1.87. The van der Waals surface area contributed by atoms with Crippen LogP contribution in [-0.2, 0) is 16.1 Å². The van der Waals surface area contributed by atoms with Crippen molar-refractivity contribution in [3.05, 3.63) is 71.7 Å². The van der Waals surface area contributed by atoms with Crippen LogP contribution in [0.2, 0.25) is 0 Å². The number of carboxylic acid groups (broad SMARTS) is 1. The van der Waals surface area contributed by atoms with Crippen molar-refractivity contribution in [2.24, 2.45) is 5.92 Å². The number of amides is 1. The summed E-state index contributed by atoms with van der Waals surface area (Å²) in [5, 5.41) is 18.7. The largest absolute Gasteiger partial charge is 0.477 e. The SMILES string of the molecule is O=C(O)C1=C(c2ccccc2C[n+]2ccccc2)S[C@@H]2[C@@H](CCO)C(=O)N12. The van der Waals surface area contributed by atoms with Crippen molar-refractivity contribution in [3.8, 4) is 0 Å². The first-order chi connectivity index (χ1) is 13.1. The molecule has 7 heteroatoms. The molecule has 1 fully saturated rings. The van der Waals surface area contributed by atoms with Crippen LogP contribution in [0, 0.1) is 5.92 Å². The fourth-order valence-electron chi connectivity index (χ4n) is 3.59. The second kappa shape index (κ2) is 7.17. The number of benzene rings is 1. The zero-order chi connectivity index (χ0) is 19.0. The predicted molar refractivity (Wildman–Crippen MR) is 100 cm³/mol. The average Bonchev–Trinajstić information content (AvgIpc) is 3.03. The zero-order valence-electron chi connectivity index (χ0n) is 14.5. The van der Waals surface area contributed by atoms with Gasteiger partial charge < -0.3 is 10.2 Å². The Labute approximate surface area is 160 Å². The van der Waals surface area contributed by atoms with Crippen molar-refractivity contribution in [1.29, 1.82) is 0 Å². The number of carbonyl (C=O) groups excluding carboxylic acids is 1. The van der Waals surface area contributed by atoms with Gasteiger partial charge in [-0.25, -0.2) is 9.36 Å².